The van der Waals surface area contributed by atoms with E-state index in [-0.39, 0.29) is 18.1 Å². The maximum absolute atomic E-state index is 12.0. The van der Waals surface area contributed by atoms with Crippen LogP contribution in [0.3, 0.4) is 0 Å². The summed E-state index contributed by atoms with van der Waals surface area (Å²) >= 11 is 0. The van der Waals surface area contributed by atoms with Gasteiger partial charge in [0.2, 0.25) is 0 Å². The summed E-state index contributed by atoms with van der Waals surface area (Å²) in [6.07, 6.45) is 0. The van der Waals surface area contributed by atoms with Gasteiger partial charge in [0, 0.05) is 12.7 Å². The molecular formula is C22H22N4O3. The van der Waals surface area contributed by atoms with Gasteiger partial charge in [-0.25, -0.2) is 9.78 Å². The maximum atomic E-state index is 12.0. The van der Waals surface area contributed by atoms with Crippen LogP contribution < -0.4 is 4.90 Å². The van der Waals surface area contributed by atoms with E-state index in [0.717, 1.165) is 16.6 Å². The van der Waals surface area contributed by atoms with Gasteiger partial charge in [-0.05, 0) is 49.7 Å². The fourth-order valence-electron chi connectivity index (χ4n) is 3.58. The normalized spacial score (nSPS) is 14.2. The summed E-state index contributed by atoms with van der Waals surface area (Å²) < 4.78 is 6.94. The van der Waals surface area contributed by atoms with Gasteiger partial charge in [-0.15, -0.1) is 0 Å². The Morgan fingerprint density at radius 3 is 2.83 bits per heavy atom. The lowest BCUT2D eigenvalue weighted by Gasteiger charge is -2.19. The third-order valence-corrected chi connectivity index (χ3v) is 5.03. The number of anilines is 1. The first-order valence-electron chi connectivity index (χ1n) is 9.40. The van der Waals surface area contributed by atoms with Gasteiger partial charge in [0.25, 0.3) is 0 Å². The van der Waals surface area contributed by atoms with Crippen molar-refractivity contribution in [3.8, 4) is 0 Å². The second-order valence-corrected chi connectivity index (χ2v) is 7.01. The summed E-state index contributed by atoms with van der Waals surface area (Å²) in [5, 5.41) is 19.3. The fraction of sp³-hybridized carbons (Fsp3) is 0.227. The number of nitrogens with zero attached hydrogens (tertiary/aromatic N) is 3. The summed E-state index contributed by atoms with van der Waals surface area (Å²) in [4.78, 5) is 18.4. The molecule has 1 aliphatic heterocycles. The molecule has 2 aromatic carbocycles. The number of fused-ring (bicyclic) bond motifs is 1. The number of carbonyl (C=O) groups is 1. The van der Waals surface area contributed by atoms with Crippen molar-refractivity contribution >= 4 is 34.1 Å². The molecule has 148 valence electrons. The summed E-state index contributed by atoms with van der Waals surface area (Å²) in [5.74, 6) is 0.339. The van der Waals surface area contributed by atoms with Gasteiger partial charge < -0.3 is 19.3 Å². The zero-order valence-corrected chi connectivity index (χ0v) is 16.6. The third-order valence-electron chi connectivity index (χ3n) is 5.03. The Labute approximate surface area is 168 Å². The van der Waals surface area contributed by atoms with Crippen molar-refractivity contribution in [2.24, 2.45) is 7.05 Å². The number of hydrogen-bond acceptors (Lipinski definition) is 5. The van der Waals surface area contributed by atoms with Crippen LogP contribution in [0.1, 0.15) is 28.7 Å². The molecular weight excluding hydrogens is 368 g/mol. The molecule has 2 N–H and O–H groups in total. The minimum absolute atomic E-state index is 0.0756. The Hall–Kier alpha value is -3.61. The minimum atomic E-state index is -0.414. The third kappa shape index (κ3) is 3.14. The van der Waals surface area contributed by atoms with Crippen molar-refractivity contribution in [3.05, 3.63) is 65.2 Å². The van der Waals surface area contributed by atoms with Crippen LogP contribution in [0.5, 0.6) is 0 Å². The molecule has 0 saturated heterocycles. The highest BCUT2D eigenvalue weighted by Crippen LogP contribution is 2.32. The zero-order valence-electron chi connectivity index (χ0n) is 16.6. The SMILES string of the molecule is CCOC(=O)c1cccc(N2CC(O)=C(c3nc4cc(C)ccc4n3C)C2=N)c1. The second-order valence-electron chi connectivity index (χ2n) is 7.01. The number of aliphatic hydroxyl groups is 1. The van der Waals surface area contributed by atoms with E-state index in [2.05, 4.69) is 4.98 Å². The molecule has 1 aliphatic rings. The number of amidine groups is 1. The van der Waals surface area contributed by atoms with Crippen LogP contribution >= 0.6 is 0 Å². The molecule has 2 heterocycles. The van der Waals surface area contributed by atoms with Crippen LogP contribution in [0.2, 0.25) is 0 Å². The molecule has 4 rings (SSSR count). The van der Waals surface area contributed by atoms with E-state index in [1.54, 1.807) is 36.1 Å². The number of aryl methyl sites for hydroxylation is 2. The number of ether oxygens (including phenoxy) is 1. The molecule has 0 aliphatic carbocycles. The number of esters is 1. The van der Waals surface area contributed by atoms with E-state index < -0.39 is 5.97 Å². The van der Waals surface area contributed by atoms with Crippen molar-refractivity contribution in [1.29, 1.82) is 5.41 Å². The van der Waals surface area contributed by atoms with Crippen LogP contribution in [0.4, 0.5) is 5.69 Å². The highest BCUT2D eigenvalue weighted by Gasteiger charge is 2.32. The van der Waals surface area contributed by atoms with Gasteiger partial charge in [-0.3, -0.25) is 5.41 Å². The van der Waals surface area contributed by atoms with Gasteiger partial charge >= 0.3 is 5.97 Å². The second kappa shape index (κ2) is 7.09. The number of aliphatic hydroxyl groups excluding tert-OH is 1. The quantitative estimate of drug-likeness (QED) is 0.661. The predicted octanol–water partition coefficient (Wildman–Crippen LogP) is 3.82. The molecule has 3 aromatic rings. The molecule has 0 bridgehead atoms. The zero-order chi connectivity index (χ0) is 20.7. The Bertz CT molecular complexity index is 1180. The standard InChI is InChI=1S/C22H22N4O3/c1-4-29-22(28)14-6-5-7-15(11-14)26-12-18(27)19(20(26)23)21-24-16-10-13(2)8-9-17(16)25(21)3/h5-11,23,27H,4,12H2,1-3H3. The van der Waals surface area contributed by atoms with Crippen LogP contribution in [-0.2, 0) is 11.8 Å². The van der Waals surface area contributed by atoms with E-state index in [1.807, 2.05) is 36.7 Å². The average Bonchev–Trinajstić information content (AvgIpc) is 3.17. The van der Waals surface area contributed by atoms with E-state index in [4.69, 9.17) is 10.1 Å². The molecule has 29 heavy (non-hydrogen) atoms. The molecule has 7 nitrogen and oxygen atoms in total. The largest absolute Gasteiger partial charge is 0.509 e. The topological polar surface area (TPSA) is 91.4 Å². The van der Waals surface area contributed by atoms with E-state index in [9.17, 15) is 9.90 Å². The summed E-state index contributed by atoms with van der Waals surface area (Å²) in [6, 6.07) is 12.8. The molecule has 0 radical (unpaired) electrons. The summed E-state index contributed by atoms with van der Waals surface area (Å²) in [5.41, 5.74) is 4.28. The lowest BCUT2D eigenvalue weighted by molar-refractivity contribution is 0.0526. The van der Waals surface area contributed by atoms with Gasteiger partial charge in [0.1, 0.15) is 17.4 Å². The van der Waals surface area contributed by atoms with Crippen LogP contribution in [0.25, 0.3) is 16.6 Å². The Balaban J connectivity index is 1.70. The molecule has 0 saturated carbocycles. The Morgan fingerprint density at radius 2 is 2.07 bits per heavy atom. The molecule has 0 spiro atoms. The first kappa shape index (κ1) is 18.7. The fourth-order valence-corrected chi connectivity index (χ4v) is 3.58. The predicted molar refractivity (Wildman–Crippen MR) is 112 cm³/mol. The Kier molecular flexibility index (Phi) is 4.58. The van der Waals surface area contributed by atoms with Gasteiger partial charge in [-0.1, -0.05) is 12.1 Å². The highest BCUT2D eigenvalue weighted by molar-refractivity contribution is 6.30. The number of carbonyl (C=O) groups excluding carboxylic acids is 1. The number of imidazole rings is 1. The molecule has 1 aromatic heterocycles. The number of rotatable bonds is 4. The van der Waals surface area contributed by atoms with Crippen molar-refractivity contribution in [3.63, 3.8) is 0 Å². The number of benzene rings is 2. The van der Waals surface area contributed by atoms with Crippen molar-refractivity contribution in [1.82, 2.24) is 9.55 Å². The molecule has 0 amide bonds. The first-order chi connectivity index (χ1) is 13.9. The molecule has 0 unspecified atom stereocenters. The molecule has 0 atom stereocenters. The summed E-state index contributed by atoms with van der Waals surface area (Å²) in [7, 11) is 1.87. The number of aromatic nitrogens is 2. The van der Waals surface area contributed by atoms with Crippen LogP contribution in [0.15, 0.2) is 48.2 Å². The summed E-state index contributed by atoms with van der Waals surface area (Å²) in [6.45, 7) is 4.19. The molecule has 7 heteroatoms. The maximum Gasteiger partial charge on any atom is 0.338 e. The number of hydrogen-bond donors (Lipinski definition) is 2. The minimum Gasteiger partial charge on any atom is -0.509 e. The lowest BCUT2D eigenvalue weighted by Crippen LogP contribution is -2.26. The average molecular weight is 390 g/mol. The van der Waals surface area contributed by atoms with E-state index in [1.165, 1.54) is 0 Å². The first-order valence-corrected chi connectivity index (χ1v) is 9.40. The van der Waals surface area contributed by atoms with E-state index >= 15 is 0 Å². The van der Waals surface area contributed by atoms with Crippen molar-refractivity contribution in [2.45, 2.75) is 13.8 Å². The van der Waals surface area contributed by atoms with Gasteiger partial charge in [-0.2, -0.15) is 0 Å². The van der Waals surface area contributed by atoms with Crippen LogP contribution in [0, 0.1) is 12.3 Å². The van der Waals surface area contributed by atoms with Gasteiger partial charge in [0.15, 0.2) is 0 Å². The van der Waals surface area contributed by atoms with E-state index in [0.29, 0.717) is 29.3 Å². The number of nitrogens with one attached hydrogen (secondary N) is 1. The monoisotopic (exact) mass is 390 g/mol. The lowest BCUT2D eigenvalue weighted by atomic mass is 10.2. The highest BCUT2D eigenvalue weighted by atomic mass is 16.5. The van der Waals surface area contributed by atoms with Crippen LogP contribution in [-0.4, -0.2) is 39.6 Å². The Morgan fingerprint density at radius 1 is 1.28 bits per heavy atom. The van der Waals surface area contributed by atoms with Crippen molar-refractivity contribution < 1.29 is 14.6 Å². The van der Waals surface area contributed by atoms with Gasteiger partial charge in [0.05, 0.1) is 35.3 Å². The van der Waals surface area contributed by atoms with Crippen molar-refractivity contribution in [2.75, 3.05) is 18.1 Å². The molecule has 0 fully saturated rings. The smallest absolute Gasteiger partial charge is 0.338 e.